The van der Waals surface area contributed by atoms with Crippen LogP contribution in [0.1, 0.15) is 25.7 Å². The number of carbonyl (C=O) groups is 1. The molecule has 7 heteroatoms. The number of amides is 1. The summed E-state index contributed by atoms with van der Waals surface area (Å²) in [5.41, 5.74) is 0. The lowest BCUT2D eigenvalue weighted by Crippen LogP contribution is -2.30. The Hall–Kier alpha value is -1.60. The second-order valence-electron chi connectivity index (χ2n) is 6.17. The van der Waals surface area contributed by atoms with Crippen LogP contribution in [0.25, 0.3) is 0 Å². The van der Waals surface area contributed by atoms with Gasteiger partial charge in [-0.15, -0.1) is 0 Å². The molecular formula is C17H26N2O4S. The molecule has 0 unspecified atom stereocenters. The molecule has 1 aromatic carbocycles. The van der Waals surface area contributed by atoms with E-state index in [0.29, 0.717) is 31.2 Å². The molecule has 0 saturated carbocycles. The van der Waals surface area contributed by atoms with Gasteiger partial charge in [0.25, 0.3) is 0 Å². The Balaban J connectivity index is 1.61. The smallest absolute Gasteiger partial charge is 0.220 e. The highest BCUT2D eigenvalue weighted by atomic mass is 32.2. The van der Waals surface area contributed by atoms with E-state index in [9.17, 15) is 13.2 Å². The van der Waals surface area contributed by atoms with Gasteiger partial charge in [0.05, 0.1) is 11.4 Å². The Morgan fingerprint density at radius 1 is 1.25 bits per heavy atom. The number of hydrogen-bond acceptors (Lipinski definition) is 5. The minimum Gasteiger partial charge on any atom is -0.492 e. The van der Waals surface area contributed by atoms with E-state index in [-0.39, 0.29) is 10.8 Å². The van der Waals surface area contributed by atoms with Crippen LogP contribution in [0.3, 0.4) is 0 Å². The van der Waals surface area contributed by atoms with E-state index in [0.717, 1.165) is 32.4 Å². The largest absolute Gasteiger partial charge is 0.492 e. The van der Waals surface area contributed by atoms with Gasteiger partial charge in [-0.25, -0.2) is 8.42 Å². The number of rotatable bonds is 8. The topological polar surface area (TPSA) is 84.5 Å². The Labute approximate surface area is 143 Å². The average Bonchev–Trinajstić information content (AvgIpc) is 2.57. The zero-order valence-electron chi connectivity index (χ0n) is 14.1. The van der Waals surface area contributed by atoms with Crippen LogP contribution in [-0.2, 0) is 14.6 Å². The molecule has 0 spiro atoms. The summed E-state index contributed by atoms with van der Waals surface area (Å²) < 4.78 is 28.2. The molecule has 1 saturated heterocycles. The zero-order chi connectivity index (χ0) is 17.4. The minimum absolute atomic E-state index is 0.0598. The van der Waals surface area contributed by atoms with E-state index in [2.05, 4.69) is 10.6 Å². The summed E-state index contributed by atoms with van der Waals surface area (Å²) in [4.78, 5) is 12.1. The fourth-order valence-corrected chi connectivity index (χ4v) is 3.37. The van der Waals surface area contributed by atoms with Crippen LogP contribution < -0.4 is 15.4 Å². The van der Waals surface area contributed by atoms with Crippen molar-refractivity contribution in [3.05, 3.63) is 24.3 Å². The first kappa shape index (κ1) is 18.7. The molecule has 0 aliphatic carbocycles. The molecule has 1 fully saturated rings. The SMILES string of the molecule is CS(=O)(=O)c1ccc(OCCNC(=O)CCC2CCNCC2)cc1. The van der Waals surface area contributed by atoms with Gasteiger partial charge in [-0.1, -0.05) is 0 Å². The third-order valence-electron chi connectivity index (χ3n) is 4.18. The summed E-state index contributed by atoms with van der Waals surface area (Å²) in [5, 5.41) is 6.17. The summed E-state index contributed by atoms with van der Waals surface area (Å²) in [6, 6.07) is 6.27. The summed E-state index contributed by atoms with van der Waals surface area (Å²) in [7, 11) is -3.19. The third kappa shape index (κ3) is 6.49. The molecule has 0 radical (unpaired) electrons. The van der Waals surface area contributed by atoms with E-state index < -0.39 is 9.84 Å². The molecule has 0 atom stereocenters. The predicted molar refractivity (Wildman–Crippen MR) is 92.9 cm³/mol. The minimum atomic E-state index is -3.19. The van der Waals surface area contributed by atoms with Gasteiger partial charge in [-0.05, 0) is 62.5 Å². The summed E-state index contributed by atoms with van der Waals surface area (Å²) in [6.45, 7) is 2.91. The van der Waals surface area contributed by atoms with Crippen LogP contribution in [0.15, 0.2) is 29.2 Å². The van der Waals surface area contributed by atoms with E-state index in [1.54, 1.807) is 12.1 Å². The van der Waals surface area contributed by atoms with E-state index >= 15 is 0 Å². The van der Waals surface area contributed by atoms with Crippen molar-refractivity contribution in [2.75, 3.05) is 32.5 Å². The van der Waals surface area contributed by atoms with Crippen LogP contribution in [0.5, 0.6) is 5.75 Å². The first-order chi connectivity index (χ1) is 11.4. The fourth-order valence-electron chi connectivity index (χ4n) is 2.74. The number of ether oxygens (including phenoxy) is 1. The van der Waals surface area contributed by atoms with Gasteiger partial charge in [-0.3, -0.25) is 4.79 Å². The Morgan fingerprint density at radius 2 is 1.92 bits per heavy atom. The quantitative estimate of drug-likeness (QED) is 0.689. The molecule has 0 aromatic heterocycles. The van der Waals surface area contributed by atoms with Crippen molar-refractivity contribution in [1.29, 1.82) is 0 Å². The predicted octanol–water partition coefficient (Wildman–Crippen LogP) is 1.36. The molecule has 2 rings (SSSR count). The van der Waals surface area contributed by atoms with Crippen LogP contribution >= 0.6 is 0 Å². The highest BCUT2D eigenvalue weighted by Crippen LogP contribution is 2.17. The molecule has 1 aliphatic rings. The molecule has 2 N–H and O–H groups in total. The van der Waals surface area contributed by atoms with Gasteiger partial charge < -0.3 is 15.4 Å². The summed E-state index contributed by atoms with van der Waals surface area (Å²) >= 11 is 0. The van der Waals surface area contributed by atoms with Crippen molar-refractivity contribution in [3.63, 3.8) is 0 Å². The third-order valence-corrected chi connectivity index (χ3v) is 5.31. The van der Waals surface area contributed by atoms with Crippen LogP contribution in [0.2, 0.25) is 0 Å². The van der Waals surface area contributed by atoms with Gasteiger partial charge in [0.2, 0.25) is 5.91 Å². The second kappa shape index (κ2) is 9.03. The lowest BCUT2D eigenvalue weighted by Gasteiger charge is -2.22. The maximum Gasteiger partial charge on any atom is 0.220 e. The average molecular weight is 354 g/mol. The van der Waals surface area contributed by atoms with E-state index in [1.165, 1.54) is 18.4 Å². The fraction of sp³-hybridized carbons (Fsp3) is 0.588. The van der Waals surface area contributed by atoms with Crippen LogP contribution in [0.4, 0.5) is 0 Å². The van der Waals surface area contributed by atoms with Gasteiger partial charge in [0.15, 0.2) is 9.84 Å². The van der Waals surface area contributed by atoms with Crippen LogP contribution in [-0.4, -0.2) is 46.8 Å². The molecule has 1 aromatic rings. The first-order valence-corrected chi connectivity index (χ1v) is 10.2. The zero-order valence-corrected chi connectivity index (χ0v) is 14.9. The maximum atomic E-state index is 11.8. The van der Waals surface area contributed by atoms with Crippen molar-refractivity contribution in [2.24, 2.45) is 5.92 Å². The molecule has 24 heavy (non-hydrogen) atoms. The normalized spacial score (nSPS) is 15.9. The van der Waals surface area contributed by atoms with Gasteiger partial charge in [0, 0.05) is 12.7 Å². The lowest BCUT2D eigenvalue weighted by atomic mass is 9.93. The van der Waals surface area contributed by atoms with Crippen molar-refractivity contribution in [1.82, 2.24) is 10.6 Å². The van der Waals surface area contributed by atoms with Gasteiger partial charge in [0.1, 0.15) is 12.4 Å². The van der Waals surface area contributed by atoms with Crippen molar-refractivity contribution in [3.8, 4) is 5.75 Å². The van der Waals surface area contributed by atoms with E-state index in [1.807, 2.05) is 0 Å². The molecule has 6 nitrogen and oxygen atoms in total. The van der Waals surface area contributed by atoms with Crippen LogP contribution in [0, 0.1) is 5.92 Å². The summed E-state index contributed by atoms with van der Waals surface area (Å²) in [6.07, 6.45) is 4.98. The molecule has 1 heterocycles. The standard InChI is InChI=1S/C17H26N2O4S/c1-24(21,22)16-5-3-15(4-6-16)23-13-12-19-17(20)7-2-14-8-10-18-11-9-14/h3-6,14,18H,2,7-13H2,1H3,(H,19,20). The number of carbonyl (C=O) groups excluding carboxylic acids is 1. The number of nitrogens with one attached hydrogen (secondary N) is 2. The first-order valence-electron chi connectivity index (χ1n) is 8.35. The summed E-state index contributed by atoms with van der Waals surface area (Å²) in [5.74, 6) is 1.30. The molecule has 1 amide bonds. The highest BCUT2D eigenvalue weighted by molar-refractivity contribution is 7.90. The van der Waals surface area contributed by atoms with Gasteiger partial charge >= 0.3 is 0 Å². The monoisotopic (exact) mass is 354 g/mol. The lowest BCUT2D eigenvalue weighted by molar-refractivity contribution is -0.121. The number of benzene rings is 1. The molecule has 134 valence electrons. The van der Waals surface area contributed by atoms with Crippen molar-refractivity contribution in [2.45, 2.75) is 30.6 Å². The highest BCUT2D eigenvalue weighted by Gasteiger charge is 2.14. The Bertz CT molecular complexity index is 622. The second-order valence-corrected chi connectivity index (χ2v) is 8.19. The van der Waals surface area contributed by atoms with Crippen molar-refractivity contribution >= 4 is 15.7 Å². The molecular weight excluding hydrogens is 328 g/mol. The Morgan fingerprint density at radius 3 is 2.54 bits per heavy atom. The maximum absolute atomic E-state index is 11.8. The molecule has 0 bridgehead atoms. The van der Waals surface area contributed by atoms with Crippen molar-refractivity contribution < 1.29 is 17.9 Å². The number of sulfone groups is 1. The number of piperidine rings is 1. The Kier molecular flexibility index (Phi) is 7.05. The number of hydrogen-bond donors (Lipinski definition) is 2. The van der Waals surface area contributed by atoms with Gasteiger partial charge in [-0.2, -0.15) is 0 Å². The van der Waals surface area contributed by atoms with E-state index in [4.69, 9.17) is 4.74 Å². The molecule has 1 aliphatic heterocycles.